The van der Waals surface area contributed by atoms with Crippen molar-refractivity contribution in [2.24, 2.45) is 11.8 Å². The van der Waals surface area contributed by atoms with Gasteiger partial charge in [0, 0.05) is 37.5 Å². The van der Waals surface area contributed by atoms with Crippen LogP contribution in [0.2, 0.25) is 0 Å². The molecule has 10 nitrogen and oxygen atoms in total. The highest BCUT2D eigenvalue weighted by Crippen LogP contribution is 2.34. The highest BCUT2D eigenvalue weighted by molar-refractivity contribution is 7.89. The van der Waals surface area contributed by atoms with Gasteiger partial charge in [0.15, 0.2) is 5.76 Å². The van der Waals surface area contributed by atoms with Gasteiger partial charge in [-0.25, -0.2) is 13.2 Å². The number of aliphatic hydroxyl groups excluding tert-OH is 1. The van der Waals surface area contributed by atoms with E-state index in [1.165, 1.54) is 41.0 Å². The summed E-state index contributed by atoms with van der Waals surface area (Å²) in [5, 5.41) is 16.6. The third kappa shape index (κ3) is 6.62. The monoisotopic (exact) mass is 572 g/mol. The van der Waals surface area contributed by atoms with Gasteiger partial charge < -0.3 is 24.6 Å². The molecule has 2 N–H and O–H groups in total. The second-order valence-electron chi connectivity index (χ2n) is 11.1. The van der Waals surface area contributed by atoms with Crippen molar-refractivity contribution in [2.45, 2.75) is 76.8 Å². The highest BCUT2D eigenvalue weighted by Gasteiger charge is 2.38. The van der Waals surface area contributed by atoms with E-state index < -0.39 is 22.2 Å². The zero-order valence-corrected chi connectivity index (χ0v) is 24.8. The summed E-state index contributed by atoms with van der Waals surface area (Å²) in [4.78, 5) is 14.5. The van der Waals surface area contributed by atoms with E-state index in [1.54, 1.807) is 40.0 Å². The molecule has 2 heterocycles. The lowest BCUT2D eigenvalue weighted by atomic mass is 10.0. The number of carbonyl (C=O) groups excluding carboxylic acids is 1. The topological polar surface area (TPSA) is 125 Å². The quantitative estimate of drug-likeness (QED) is 0.498. The molecular weight excluding hydrogens is 532 g/mol. The lowest BCUT2D eigenvalue weighted by molar-refractivity contribution is 0.0830. The molecule has 1 saturated carbocycles. The number of aryl methyl sites for hydroxylation is 2. The molecule has 2 amide bonds. The lowest BCUT2D eigenvalue weighted by Gasteiger charge is -2.37. The van der Waals surface area contributed by atoms with Crippen LogP contribution in [0.1, 0.15) is 63.0 Å². The van der Waals surface area contributed by atoms with Crippen LogP contribution in [0.3, 0.4) is 0 Å². The van der Waals surface area contributed by atoms with Crippen LogP contribution >= 0.6 is 0 Å². The van der Waals surface area contributed by atoms with Crippen molar-refractivity contribution in [3.63, 3.8) is 0 Å². The molecule has 1 aliphatic carbocycles. The third-order valence-corrected chi connectivity index (χ3v) is 9.85. The first-order valence-corrected chi connectivity index (χ1v) is 15.3. The molecule has 0 saturated heterocycles. The Hall–Kier alpha value is -3.07. The van der Waals surface area contributed by atoms with Crippen LogP contribution in [0, 0.1) is 37.5 Å². The summed E-state index contributed by atoms with van der Waals surface area (Å²) in [5.41, 5.74) is 1.76. The molecule has 1 aromatic carbocycles. The number of hydrogen-bond acceptors (Lipinski definition) is 7. The summed E-state index contributed by atoms with van der Waals surface area (Å²) in [5.74, 6) is 7.46. The molecular formula is C29H40N4O6S. The van der Waals surface area contributed by atoms with Gasteiger partial charge >= 0.3 is 6.03 Å². The summed E-state index contributed by atoms with van der Waals surface area (Å²) >= 11 is 0. The van der Waals surface area contributed by atoms with Gasteiger partial charge in [-0.2, -0.15) is 4.31 Å². The normalized spacial score (nSPS) is 21.8. The van der Waals surface area contributed by atoms with Crippen molar-refractivity contribution < 1.29 is 27.6 Å². The Balaban J connectivity index is 1.62. The fraction of sp³-hybridized carbons (Fsp3) is 0.586. The zero-order valence-electron chi connectivity index (χ0n) is 23.9. The van der Waals surface area contributed by atoms with Gasteiger partial charge in [0.1, 0.15) is 28.1 Å². The minimum absolute atomic E-state index is 0.0221. The van der Waals surface area contributed by atoms with E-state index in [1.807, 2.05) is 6.92 Å². The number of nitrogens with one attached hydrogen (secondary N) is 1. The molecule has 2 aliphatic rings. The first-order valence-electron chi connectivity index (χ1n) is 13.9. The van der Waals surface area contributed by atoms with Gasteiger partial charge in [-0.15, -0.1) is 0 Å². The number of carbonyl (C=O) groups is 1. The predicted octanol–water partition coefficient (Wildman–Crippen LogP) is 4.16. The maximum absolute atomic E-state index is 13.7. The summed E-state index contributed by atoms with van der Waals surface area (Å²) in [6.07, 6.45) is 5.20. The lowest BCUT2D eigenvalue weighted by Crippen LogP contribution is -2.50. The van der Waals surface area contributed by atoms with Gasteiger partial charge in [-0.05, 0) is 57.7 Å². The van der Waals surface area contributed by atoms with Crippen molar-refractivity contribution in [1.29, 1.82) is 0 Å². The van der Waals surface area contributed by atoms with E-state index in [4.69, 9.17) is 9.26 Å². The van der Waals surface area contributed by atoms with Crippen LogP contribution in [0.15, 0.2) is 27.6 Å². The van der Waals surface area contributed by atoms with E-state index in [-0.39, 0.29) is 42.3 Å². The number of sulfonamides is 1. The maximum atomic E-state index is 13.7. The van der Waals surface area contributed by atoms with Gasteiger partial charge in [-0.3, -0.25) is 0 Å². The summed E-state index contributed by atoms with van der Waals surface area (Å²) in [6, 6.07) is 3.90. The molecule has 4 rings (SSSR count). The second kappa shape index (κ2) is 12.6. The number of benzene rings is 1. The van der Waals surface area contributed by atoms with E-state index >= 15 is 0 Å². The molecule has 40 heavy (non-hydrogen) atoms. The fourth-order valence-corrected chi connectivity index (χ4v) is 7.08. The molecule has 0 radical (unpaired) electrons. The molecule has 218 valence electrons. The van der Waals surface area contributed by atoms with Gasteiger partial charge in [0.2, 0.25) is 10.0 Å². The fourth-order valence-electron chi connectivity index (χ4n) is 5.25. The van der Waals surface area contributed by atoms with Crippen LogP contribution < -0.4 is 10.1 Å². The predicted molar refractivity (Wildman–Crippen MR) is 152 cm³/mol. The van der Waals surface area contributed by atoms with E-state index in [0.29, 0.717) is 28.6 Å². The van der Waals surface area contributed by atoms with Crippen molar-refractivity contribution in [3.8, 4) is 17.6 Å². The third-order valence-electron chi connectivity index (χ3n) is 7.83. The minimum Gasteiger partial charge on any atom is -0.487 e. The first kappa shape index (κ1) is 29.9. The second-order valence-corrected chi connectivity index (χ2v) is 12.9. The number of aromatic nitrogens is 1. The van der Waals surface area contributed by atoms with Crippen molar-refractivity contribution in [3.05, 3.63) is 35.2 Å². The van der Waals surface area contributed by atoms with Crippen LogP contribution in [0.4, 0.5) is 10.5 Å². The number of urea groups is 1. The number of ether oxygens (including phenoxy) is 1. The number of hydrogen-bond donors (Lipinski definition) is 2. The number of fused-ring (bicyclic) bond motifs is 1. The number of aliphatic hydroxyl groups is 1. The molecule has 0 spiro atoms. The Morgan fingerprint density at radius 3 is 2.67 bits per heavy atom. The Morgan fingerprint density at radius 2 is 2.02 bits per heavy atom. The Kier molecular flexibility index (Phi) is 9.44. The smallest absolute Gasteiger partial charge is 0.321 e. The van der Waals surface area contributed by atoms with Crippen LogP contribution in [-0.2, 0) is 10.0 Å². The van der Waals surface area contributed by atoms with Crippen molar-refractivity contribution in [2.75, 3.05) is 32.1 Å². The minimum atomic E-state index is -3.96. The molecule has 11 heteroatoms. The first-order chi connectivity index (χ1) is 19.0. The standard InChI is InChI=1S/C29H40N4O6S/c1-19-16-33(20(2)18-34)40(36,37)27-14-13-24(12-8-11-23-9-6-7-10-23)15-25(27)38-26(19)17-32(5)29(35)30-28-21(3)31-39-22(28)4/h13-15,19-20,23,26,34H,6-7,9-11,16-18H2,1-5H3,(H,30,35)/t19-,20+,26-/m1/s1. The van der Waals surface area contributed by atoms with Crippen LogP contribution in [0.25, 0.3) is 0 Å². The van der Waals surface area contributed by atoms with E-state index in [2.05, 4.69) is 22.3 Å². The number of anilines is 1. The average Bonchev–Trinajstić information content (AvgIpc) is 3.55. The van der Waals surface area contributed by atoms with Crippen molar-refractivity contribution in [1.82, 2.24) is 14.4 Å². The Morgan fingerprint density at radius 1 is 1.30 bits per heavy atom. The number of rotatable bonds is 6. The molecule has 2 aromatic rings. The average molecular weight is 573 g/mol. The summed E-state index contributed by atoms with van der Waals surface area (Å²) in [6.45, 7) is 7.01. The summed E-state index contributed by atoms with van der Waals surface area (Å²) < 4.78 is 40.3. The maximum Gasteiger partial charge on any atom is 0.321 e. The van der Waals surface area contributed by atoms with Gasteiger partial charge in [-0.1, -0.05) is 36.8 Å². The van der Waals surface area contributed by atoms with E-state index in [0.717, 1.165) is 6.42 Å². The number of likely N-dealkylation sites (N-methyl/N-ethyl adjacent to an activating group) is 1. The molecule has 1 aromatic heterocycles. The summed E-state index contributed by atoms with van der Waals surface area (Å²) in [7, 11) is -2.31. The number of nitrogens with zero attached hydrogens (tertiary/aromatic N) is 3. The zero-order chi connectivity index (χ0) is 29.0. The largest absolute Gasteiger partial charge is 0.487 e. The van der Waals surface area contributed by atoms with Crippen LogP contribution in [-0.4, -0.2) is 72.8 Å². The molecule has 1 fully saturated rings. The Bertz CT molecular complexity index is 1350. The number of amides is 2. The van der Waals surface area contributed by atoms with Crippen molar-refractivity contribution >= 4 is 21.7 Å². The SMILES string of the molecule is Cc1noc(C)c1NC(=O)N(C)C[C@H]1Oc2cc(C#CCC3CCCC3)ccc2S(=O)(=O)N([C@@H](C)CO)C[C@H]1C. The van der Waals surface area contributed by atoms with E-state index in [9.17, 15) is 18.3 Å². The van der Waals surface area contributed by atoms with Gasteiger partial charge in [0.25, 0.3) is 0 Å². The molecule has 0 unspecified atom stereocenters. The van der Waals surface area contributed by atoms with Gasteiger partial charge in [0.05, 0.1) is 13.2 Å². The molecule has 3 atom stereocenters. The highest BCUT2D eigenvalue weighted by atomic mass is 32.2. The molecule has 0 bridgehead atoms. The Labute approximate surface area is 237 Å². The van der Waals surface area contributed by atoms with Crippen LogP contribution in [0.5, 0.6) is 5.75 Å². The molecule has 1 aliphatic heterocycles.